The van der Waals surface area contributed by atoms with Gasteiger partial charge in [-0.15, -0.1) is 0 Å². The molecule has 5 nitrogen and oxygen atoms in total. The average molecular weight is 366 g/mol. The molecular formula is C23H18N4O. The van der Waals surface area contributed by atoms with E-state index in [1.54, 1.807) is 12.4 Å². The molecule has 5 heteroatoms. The number of aliphatic imine (C=N–C) groups is 2. The second-order valence-corrected chi connectivity index (χ2v) is 6.94. The van der Waals surface area contributed by atoms with Crippen molar-refractivity contribution in [3.8, 4) is 0 Å². The maximum Gasteiger partial charge on any atom is 0.266 e. The predicted octanol–water partition coefficient (Wildman–Crippen LogP) is 3.38. The second-order valence-electron chi connectivity index (χ2n) is 6.94. The van der Waals surface area contributed by atoms with E-state index in [0.29, 0.717) is 25.2 Å². The minimum atomic E-state index is -0.108. The van der Waals surface area contributed by atoms with Crippen LogP contribution in [0.1, 0.15) is 27.8 Å². The molecule has 0 aliphatic carbocycles. The highest BCUT2D eigenvalue weighted by Gasteiger charge is 2.25. The Labute approximate surface area is 162 Å². The van der Waals surface area contributed by atoms with Gasteiger partial charge in [-0.05, 0) is 34.9 Å². The number of rotatable bonds is 4. The molecule has 5 rings (SSSR count). The monoisotopic (exact) mass is 366 g/mol. The van der Waals surface area contributed by atoms with Crippen molar-refractivity contribution in [3.05, 3.63) is 94.8 Å². The molecule has 136 valence electrons. The Bertz CT molecular complexity index is 1120. The third kappa shape index (κ3) is 3.01. The molecule has 0 unspecified atom stereocenters. The zero-order valence-electron chi connectivity index (χ0n) is 15.2. The Morgan fingerprint density at radius 1 is 1.00 bits per heavy atom. The molecule has 3 heterocycles. The van der Waals surface area contributed by atoms with Crippen LogP contribution in [0.15, 0.2) is 77.0 Å². The molecule has 0 radical (unpaired) electrons. The first-order valence-electron chi connectivity index (χ1n) is 9.28. The predicted molar refractivity (Wildman–Crippen MR) is 109 cm³/mol. The zero-order valence-corrected chi connectivity index (χ0v) is 15.2. The zero-order chi connectivity index (χ0) is 18.9. The number of benzene rings is 2. The topological polar surface area (TPSA) is 66.7 Å². The summed E-state index contributed by atoms with van der Waals surface area (Å²) in [6.45, 7) is 1.17. The molecule has 0 fully saturated rings. The number of nitrogens with zero attached hydrogens (tertiary/aromatic N) is 3. The SMILES string of the molecule is O=C(NCc1ccccc1)C1=Nc2cc3c(cc2C1)CN=C3c1ccncc1. The summed E-state index contributed by atoms with van der Waals surface area (Å²) in [5.41, 5.74) is 7.91. The highest BCUT2D eigenvalue weighted by Crippen LogP contribution is 2.34. The smallest absolute Gasteiger partial charge is 0.266 e. The summed E-state index contributed by atoms with van der Waals surface area (Å²) in [6.07, 6.45) is 4.11. The third-order valence-electron chi connectivity index (χ3n) is 5.09. The molecule has 1 amide bonds. The summed E-state index contributed by atoms with van der Waals surface area (Å²) in [7, 11) is 0. The Kier molecular flexibility index (Phi) is 4.05. The summed E-state index contributed by atoms with van der Waals surface area (Å²) in [6, 6.07) is 18.0. The summed E-state index contributed by atoms with van der Waals surface area (Å²) >= 11 is 0. The fourth-order valence-corrected chi connectivity index (χ4v) is 3.66. The largest absolute Gasteiger partial charge is 0.347 e. The molecule has 28 heavy (non-hydrogen) atoms. The van der Waals surface area contributed by atoms with Crippen molar-refractivity contribution in [2.45, 2.75) is 19.5 Å². The van der Waals surface area contributed by atoms with E-state index in [1.165, 1.54) is 5.56 Å². The van der Waals surface area contributed by atoms with Crippen LogP contribution in [0, 0.1) is 0 Å². The standard InChI is InChI=1S/C23H18N4O/c28-23(26-13-15-4-2-1-3-5-15)21-11-17-10-18-14-25-22(16-6-8-24-9-7-16)19(18)12-20(17)27-21/h1-10,12H,11,13-14H2,(H,26,28). The average Bonchev–Trinajstić information content (AvgIpc) is 3.35. The Balaban J connectivity index is 1.36. The van der Waals surface area contributed by atoms with Crippen molar-refractivity contribution in [1.29, 1.82) is 0 Å². The van der Waals surface area contributed by atoms with Gasteiger partial charge < -0.3 is 5.32 Å². The van der Waals surface area contributed by atoms with E-state index < -0.39 is 0 Å². The first kappa shape index (κ1) is 16.6. The summed E-state index contributed by atoms with van der Waals surface area (Å²) < 4.78 is 0. The van der Waals surface area contributed by atoms with E-state index in [0.717, 1.165) is 33.7 Å². The lowest BCUT2D eigenvalue weighted by molar-refractivity contribution is -0.115. The number of amides is 1. The number of hydrogen-bond acceptors (Lipinski definition) is 4. The molecule has 2 aromatic carbocycles. The first-order chi connectivity index (χ1) is 13.8. The van der Waals surface area contributed by atoms with Crippen molar-refractivity contribution in [2.75, 3.05) is 0 Å². The van der Waals surface area contributed by atoms with Crippen molar-refractivity contribution < 1.29 is 4.79 Å². The van der Waals surface area contributed by atoms with Crippen LogP contribution in [0.5, 0.6) is 0 Å². The van der Waals surface area contributed by atoms with Crippen LogP contribution in [0.25, 0.3) is 0 Å². The van der Waals surface area contributed by atoms with Gasteiger partial charge in [0.1, 0.15) is 5.71 Å². The minimum Gasteiger partial charge on any atom is -0.347 e. The Morgan fingerprint density at radius 2 is 1.82 bits per heavy atom. The molecule has 0 atom stereocenters. The van der Waals surface area contributed by atoms with E-state index in [1.807, 2.05) is 42.5 Å². The van der Waals surface area contributed by atoms with Gasteiger partial charge in [-0.3, -0.25) is 14.8 Å². The third-order valence-corrected chi connectivity index (χ3v) is 5.09. The van der Waals surface area contributed by atoms with Crippen LogP contribution in [0.3, 0.4) is 0 Å². The highest BCUT2D eigenvalue weighted by atomic mass is 16.1. The van der Waals surface area contributed by atoms with E-state index >= 15 is 0 Å². The number of aromatic nitrogens is 1. The minimum absolute atomic E-state index is 0.108. The van der Waals surface area contributed by atoms with Gasteiger partial charge in [0.15, 0.2) is 0 Å². The first-order valence-corrected chi connectivity index (χ1v) is 9.28. The number of carbonyl (C=O) groups excluding carboxylic acids is 1. The van der Waals surface area contributed by atoms with Gasteiger partial charge in [-0.1, -0.05) is 36.4 Å². The van der Waals surface area contributed by atoms with Gasteiger partial charge >= 0.3 is 0 Å². The van der Waals surface area contributed by atoms with E-state index in [9.17, 15) is 4.79 Å². The summed E-state index contributed by atoms with van der Waals surface area (Å²) in [5, 5.41) is 2.97. The summed E-state index contributed by atoms with van der Waals surface area (Å²) in [5.74, 6) is -0.108. The number of nitrogens with one attached hydrogen (secondary N) is 1. The number of hydrogen-bond donors (Lipinski definition) is 1. The molecule has 1 N–H and O–H groups in total. The number of pyridine rings is 1. The van der Waals surface area contributed by atoms with Crippen LogP contribution in [-0.4, -0.2) is 22.3 Å². The molecule has 0 saturated carbocycles. The lowest BCUT2D eigenvalue weighted by atomic mass is 9.97. The molecule has 2 aliphatic rings. The van der Waals surface area contributed by atoms with E-state index in [-0.39, 0.29) is 5.91 Å². The van der Waals surface area contributed by atoms with E-state index in [2.05, 4.69) is 27.4 Å². The molecule has 3 aromatic rings. The van der Waals surface area contributed by atoms with Crippen molar-refractivity contribution in [2.24, 2.45) is 9.98 Å². The van der Waals surface area contributed by atoms with Gasteiger partial charge in [-0.25, -0.2) is 4.99 Å². The fraction of sp³-hybridized carbons (Fsp3) is 0.130. The van der Waals surface area contributed by atoms with Crippen molar-refractivity contribution in [1.82, 2.24) is 10.3 Å². The molecule has 1 aromatic heterocycles. The van der Waals surface area contributed by atoms with E-state index in [4.69, 9.17) is 4.99 Å². The van der Waals surface area contributed by atoms with Crippen molar-refractivity contribution in [3.63, 3.8) is 0 Å². The van der Waals surface area contributed by atoms with Crippen LogP contribution < -0.4 is 5.32 Å². The quantitative estimate of drug-likeness (QED) is 0.769. The maximum absolute atomic E-state index is 12.6. The van der Waals surface area contributed by atoms with Gasteiger partial charge in [0, 0.05) is 36.5 Å². The van der Waals surface area contributed by atoms with Gasteiger partial charge in [0.05, 0.1) is 17.9 Å². The van der Waals surface area contributed by atoms with Gasteiger partial charge in [0.2, 0.25) is 0 Å². The van der Waals surface area contributed by atoms with Crippen molar-refractivity contribution >= 4 is 23.0 Å². The molecule has 2 aliphatic heterocycles. The maximum atomic E-state index is 12.6. The van der Waals surface area contributed by atoms with Crippen LogP contribution in [0.2, 0.25) is 0 Å². The summed E-state index contributed by atoms with van der Waals surface area (Å²) in [4.78, 5) is 25.9. The van der Waals surface area contributed by atoms with Crippen LogP contribution >= 0.6 is 0 Å². The molecular weight excluding hydrogens is 348 g/mol. The molecule has 0 saturated heterocycles. The van der Waals surface area contributed by atoms with Gasteiger partial charge in [-0.2, -0.15) is 0 Å². The highest BCUT2D eigenvalue weighted by molar-refractivity contribution is 6.41. The van der Waals surface area contributed by atoms with Crippen LogP contribution in [-0.2, 0) is 24.3 Å². The Morgan fingerprint density at radius 3 is 2.64 bits per heavy atom. The second kappa shape index (κ2) is 6.85. The molecule has 0 bridgehead atoms. The number of fused-ring (bicyclic) bond motifs is 2. The number of carbonyl (C=O) groups is 1. The normalized spacial score (nSPS) is 14.1. The lowest BCUT2D eigenvalue weighted by Crippen LogP contribution is -2.30. The Hall–Kier alpha value is -3.60. The lowest BCUT2D eigenvalue weighted by Gasteiger charge is -2.06. The van der Waals surface area contributed by atoms with Crippen LogP contribution in [0.4, 0.5) is 5.69 Å². The fourth-order valence-electron chi connectivity index (χ4n) is 3.66. The molecule has 0 spiro atoms. The van der Waals surface area contributed by atoms with Gasteiger partial charge in [0.25, 0.3) is 5.91 Å².